The van der Waals surface area contributed by atoms with E-state index in [9.17, 15) is 0 Å². The smallest absolute Gasteiger partial charge is 0.0573 e. The van der Waals surface area contributed by atoms with Gasteiger partial charge in [-0.05, 0) is 46.1 Å². The van der Waals surface area contributed by atoms with E-state index in [1.54, 1.807) is 0 Å². The number of hydrogen-bond acceptors (Lipinski definition) is 3. The van der Waals surface area contributed by atoms with Crippen LogP contribution in [0.25, 0.3) is 0 Å². The molecule has 0 saturated heterocycles. The molecule has 0 fully saturated rings. The second-order valence-corrected chi connectivity index (χ2v) is 4.95. The molecule has 3 nitrogen and oxygen atoms in total. The van der Waals surface area contributed by atoms with E-state index in [4.69, 9.17) is 0 Å². The molecule has 0 bridgehead atoms. The summed E-state index contributed by atoms with van der Waals surface area (Å²) in [6.07, 6.45) is 4.67. The van der Waals surface area contributed by atoms with Gasteiger partial charge in [-0.1, -0.05) is 13.0 Å². The zero-order chi connectivity index (χ0) is 12.8. The minimum absolute atomic E-state index is 0.757. The molecule has 0 saturated carbocycles. The van der Waals surface area contributed by atoms with Crippen LogP contribution in [0.15, 0.2) is 41.1 Å². The molecule has 0 radical (unpaired) electrons. The van der Waals surface area contributed by atoms with Crippen molar-refractivity contribution >= 4 is 15.9 Å². The molecule has 0 amide bonds. The van der Waals surface area contributed by atoms with Gasteiger partial charge in [0, 0.05) is 30.0 Å². The van der Waals surface area contributed by atoms with Gasteiger partial charge in [0.2, 0.25) is 0 Å². The van der Waals surface area contributed by atoms with Crippen LogP contribution in [0.3, 0.4) is 0 Å². The molecule has 0 atom stereocenters. The molecule has 94 valence electrons. The van der Waals surface area contributed by atoms with Crippen LogP contribution in [0.2, 0.25) is 0 Å². The molecule has 0 aliphatic carbocycles. The van der Waals surface area contributed by atoms with Gasteiger partial charge < -0.3 is 5.32 Å². The summed E-state index contributed by atoms with van der Waals surface area (Å²) >= 11 is 3.38. The maximum Gasteiger partial charge on any atom is 0.0573 e. The largest absolute Gasteiger partial charge is 0.305 e. The molecule has 2 aromatic heterocycles. The lowest BCUT2D eigenvalue weighted by Gasteiger charge is -2.07. The first kappa shape index (κ1) is 13.2. The number of nitrogens with zero attached hydrogens (tertiary/aromatic N) is 2. The second kappa shape index (κ2) is 6.61. The van der Waals surface area contributed by atoms with Crippen LogP contribution < -0.4 is 5.32 Å². The zero-order valence-electron chi connectivity index (χ0n) is 10.4. The van der Waals surface area contributed by atoms with Crippen molar-refractivity contribution in [3.8, 4) is 0 Å². The number of halogens is 1. The minimum atomic E-state index is 0.757. The third-order valence-corrected chi connectivity index (χ3v) is 3.22. The van der Waals surface area contributed by atoms with Crippen molar-refractivity contribution in [2.75, 3.05) is 0 Å². The summed E-state index contributed by atoms with van der Waals surface area (Å²) in [7, 11) is 0. The monoisotopic (exact) mass is 305 g/mol. The Balaban J connectivity index is 1.90. The Labute approximate surface area is 116 Å². The highest BCUT2D eigenvalue weighted by Crippen LogP contribution is 2.08. The molecule has 0 aromatic carbocycles. The van der Waals surface area contributed by atoms with E-state index in [2.05, 4.69) is 44.2 Å². The predicted molar refractivity (Wildman–Crippen MR) is 76.1 cm³/mol. The van der Waals surface area contributed by atoms with Crippen LogP contribution in [0.5, 0.6) is 0 Å². The standard InChI is InChI=1S/C14H16BrN3/c1-2-11-4-3-7-17-14(11)10-16-9-13-6-5-12(15)8-18-13/h3-8,16H,2,9-10H2,1H3. The van der Waals surface area contributed by atoms with E-state index < -0.39 is 0 Å². The number of aromatic nitrogens is 2. The third kappa shape index (κ3) is 3.62. The number of pyridine rings is 2. The summed E-state index contributed by atoms with van der Waals surface area (Å²) in [5, 5.41) is 3.37. The number of rotatable bonds is 5. The van der Waals surface area contributed by atoms with Crippen molar-refractivity contribution in [2.24, 2.45) is 0 Å². The molecule has 0 aliphatic heterocycles. The Morgan fingerprint density at radius 2 is 2.06 bits per heavy atom. The average Bonchev–Trinajstić information content (AvgIpc) is 2.41. The Morgan fingerprint density at radius 3 is 2.78 bits per heavy atom. The fraction of sp³-hybridized carbons (Fsp3) is 0.286. The Kier molecular flexibility index (Phi) is 4.84. The number of nitrogens with one attached hydrogen (secondary N) is 1. The summed E-state index contributed by atoms with van der Waals surface area (Å²) in [6.45, 7) is 3.69. The van der Waals surface area contributed by atoms with E-state index >= 15 is 0 Å². The van der Waals surface area contributed by atoms with Crippen LogP contribution in [-0.2, 0) is 19.5 Å². The van der Waals surface area contributed by atoms with Crippen LogP contribution in [-0.4, -0.2) is 9.97 Å². The lowest BCUT2D eigenvalue weighted by molar-refractivity contribution is 0.661. The molecule has 2 heterocycles. The second-order valence-electron chi connectivity index (χ2n) is 4.03. The zero-order valence-corrected chi connectivity index (χ0v) is 11.9. The molecule has 2 rings (SSSR count). The molecule has 0 aliphatic rings. The summed E-state index contributed by atoms with van der Waals surface area (Å²) in [5.41, 5.74) is 3.46. The number of hydrogen-bond donors (Lipinski definition) is 1. The van der Waals surface area contributed by atoms with Crippen LogP contribution in [0, 0.1) is 0 Å². The van der Waals surface area contributed by atoms with E-state index in [1.165, 1.54) is 5.56 Å². The van der Waals surface area contributed by atoms with Gasteiger partial charge >= 0.3 is 0 Å². The molecule has 0 spiro atoms. The average molecular weight is 306 g/mol. The Hall–Kier alpha value is -1.26. The van der Waals surface area contributed by atoms with Gasteiger partial charge in [-0.25, -0.2) is 0 Å². The van der Waals surface area contributed by atoms with Crippen molar-refractivity contribution in [2.45, 2.75) is 26.4 Å². The molecule has 0 unspecified atom stereocenters. The van der Waals surface area contributed by atoms with Crippen LogP contribution >= 0.6 is 15.9 Å². The Bertz CT molecular complexity index is 497. The molecular formula is C14H16BrN3. The minimum Gasteiger partial charge on any atom is -0.305 e. The summed E-state index contributed by atoms with van der Waals surface area (Å²) < 4.78 is 1.00. The van der Waals surface area contributed by atoms with Gasteiger partial charge in [0.25, 0.3) is 0 Å². The topological polar surface area (TPSA) is 37.8 Å². The molecule has 4 heteroatoms. The lowest BCUT2D eigenvalue weighted by Crippen LogP contribution is -2.15. The first-order valence-electron chi connectivity index (χ1n) is 6.03. The highest BCUT2D eigenvalue weighted by Gasteiger charge is 2.01. The summed E-state index contributed by atoms with van der Waals surface area (Å²) in [4.78, 5) is 8.73. The summed E-state index contributed by atoms with van der Waals surface area (Å²) in [6, 6.07) is 8.12. The first-order chi connectivity index (χ1) is 8.79. The third-order valence-electron chi connectivity index (χ3n) is 2.75. The van der Waals surface area contributed by atoms with E-state index in [0.717, 1.165) is 35.4 Å². The highest BCUT2D eigenvalue weighted by molar-refractivity contribution is 9.10. The van der Waals surface area contributed by atoms with Gasteiger partial charge in [-0.2, -0.15) is 0 Å². The van der Waals surface area contributed by atoms with Gasteiger partial charge in [0.1, 0.15) is 0 Å². The Morgan fingerprint density at radius 1 is 1.17 bits per heavy atom. The van der Waals surface area contributed by atoms with Gasteiger partial charge in [0.05, 0.1) is 11.4 Å². The molecule has 2 aromatic rings. The van der Waals surface area contributed by atoms with Gasteiger partial charge in [0.15, 0.2) is 0 Å². The van der Waals surface area contributed by atoms with Crippen molar-refractivity contribution < 1.29 is 0 Å². The number of aryl methyl sites for hydroxylation is 1. The van der Waals surface area contributed by atoms with E-state index in [0.29, 0.717) is 0 Å². The van der Waals surface area contributed by atoms with Crippen LogP contribution in [0.1, 0.15) is 23.9 Å². The van der Waals surface area contributed by atoms with Crippen molar-refractivity contribution in [3.63, 3.8) is 0 Å². The fourth-order valence-corrected chi connectivity index (χ4v) is 2.01. The first-order valence-corrected chi connectivity index (χ1v) is 6.83. The van der Waals surface area contributed by atoms with E-state index in [-0.39, 0.29) is 0 Å². The predicted octanol–water partition coefficient (Wildman–Crippen LogP) is 3.09. The van der Waals surface area contributed by atoms with Crippen molar-refractivity contribution in [1.29, 1.82) is 0 Å². The highest BCUT2D eigenvalue weighted by atomic mass is 79.9. The van der Waals surface area contributed by atoms with Gasteiger partial charge in [-0.3, -0.25) is 9.97 Å². The SMILES string of the molecule is CCc1cccnc1CNCc1ccc(Br)cn1. The van der Waals surface area contributed by atoms with E-state index in [1.807, 2.05) is 30.6 Å². The van der Waals surface area contributed by atoms with Crippen LogP contribution in [0.4, 0.5) is 0 Å². The summed E-state index contributed by atoms with van der Waals surface area (Å²) in [5.74, 6) is 0. The fourth-order valence-electron chi connectivity index (χ4n) is 1.77. The van der Waals surface area contributed by atoms with Gasteiger partial charge in [-0.15, -0.1) is 0 Å². The van der Waals surface area contributed by atoms with Crippen molar-refractivity contribution in [3.05, 3.63) is 58.1 Å². The quantitative estimate of drug-likeness (QED) is 0.922. The molecular weight excluding hydrogens is 290 g/mol. The van der Waals surface area contributed by atoms with Crippen molar-refractivity contribution in [1.82, 2.24) is 15.3 Å². The molecule has 18 heavy (non-hydrogen) atoms. The maximum atomic E-state index is 4.40. The lowest BCUT2D eigenvalue weighted by atomic mass is 10.1. The molecule has 1 N–H and O–H groups in total. The maximum absolute atomic E-state index is 4.40. The normalized spacial score (nSPS) is 10.6.